The van der Waals surface area contributed by atoms with Crippen LogP contribution in [0.3, 0.4) is 0 Å². The smallest absolute Gasteiger partial charge is 0.107 e. The summed E-state index contributed by atoms with van der Waals surface area (Å²) >= 11 is 5.15. The van der Waals surface area contributed by atoms with E-state index in [-0.39, 0.29) is 0 Å². The number of pyridine rings is 1. The first-order valence-electron chi connectivity index (χ1n) is 6.82. The number of hydrogen-bond donors (Lipinski definition) is 2. The highest BCUT2D eigenvalue weighted by molar-refractivity contribution is 7.80. The van der Waals surface area contributed by atoms with E-state index in [1.54, 1.807) is 0 Å². The van der Waals surface area contributed by atoms with Crippen molar-refractivity contribution >= 4 is 22.9 Å². The highest BCUT2D eigenvalue weighted by atomic mass is 32.1. The quantitative estimate of drug-likeness (QED) is 0.848. The van der Waals surface area contributed by atoms with Gasteiger partial charge in [-0.3, -0.25) is 9.67 Å². The van der Waals surface area contributed by atoms with Crippen molar-refractivity contribution in [2.45, 2.75) is 34.2 Å². The topological polar surface area (TPSA) is 68.8 Å². The molecule has 3 N–H and O–H groups in total. The monoisotopic (exact) mass is 303 g/mol. The molecule has 5 nitrogen and oxygen atoms in total. The van der Waals surface area contributed by atoms with Gasteiger partial charge in [-0.05, 0) is 33.8 Å². The average molecular weight is 303 g/mol. The number of hydrogen-bond acceptors (Lipinski definition) is 4. The number of aromatic nitrogens is 3. The minimum absolute atomic E-state index is 0.363. The lowest BCUT2D eigenvalue weighted by Crippen LogP contribution is -2.16. The third-order valence-electron chi connectivity index (χ3n) is 3.69. The SMILES string of the molecule is Cc1cc(NCc2c(C)nn(C)c2C)c(C(N)=S)c(C)n1. The van der Waals surface area contributed by atoms with E-state index in [0.717, 1.165) is 34.0 Å². The third-order valence-corrected chi connectivity index (χ3v) is 3.89. The molecule has 0 bridgehead atoms. The molecule has 2 aromatic heterocycles. The molecule has 0 aliphatic carbocycles. The summed E-state index contributed by atoms with van der Waals surface area (Å²) in [5, 5.41) is 7.86. The highest BCUT2D eigenvalue weighted by Gasteiger charge is 2.13. The lowest BCUT2D eigenvalue weighted by Gasteiger charge is -2.14. The number of thiocarbonyl (C=S) groups is 1. The van der Waals surface area contributed by atoms with Gasteiger partial charge in [-0.1, -0.05) is 12.2 Å². The molecule has 2 heterocycles. The van der Waals surface area contributed by atoms with Crippen LogP contribution in [0, 0.1) is 27.7 Å². The zero-order chi connectivity index (χ0) is 15.7. The Morgan fingerprint density at radius 2 is 1.95 bits per heavy atom. The highest BCUT2D eigenvalue weighted by Crippen LogP contribution is 2.22. The van der Waals surface area contributed by atoms with Gasteiger partial charge in [0.25, 0.3) is 0 Å². The van der Waals surface area contributed by atoms with Gasteiger partial charge in [-0.25, -0.2) is 0 Å². The van der Waals surface area contributed by atoms with Gasteiger partial charge in [0, 0.05) is 41.9 Å². The minimum Gasteiger partial charge on any atom is -0.389 e. The lowest BCUT2D eigenvalue weighted by molar-refractivity contribution is 0.730. The van der Waals surface area contributed by atoms with Crippen LogP contribution in [-0.2, 0) is 13.6 Å². The Hall–Kier alpha value is -1.95. The fourth-order valence-corrected chi connectivity index (χ4v) is 2.79. The van der Waals surface area contributed by atoms with Gasteiger partial charge >= 0.3 is 0 Å². The second-order valence-corrected chi connectivity index (χ2v) is 5.70. The van der Waals surface area contributed by atoms with Crippen molar-refractivity contribution < 1.29 is 0 Å². The van der Waals surface area contributed by atoms with Crippen molar-refractivity contribution in [2.24, 2.45) is 12.8 Å². The van der Waals surface area contributed by atoms with Crippen LogP contribution in [-0.4, -0.2) is 19.8 Å². The van der Waals surface area contributed by atoms with Gasteiger partial charge in [0.05, 0.1) is 11.3 Å². The number of anilines is 1. The standard InChI is InChI=1S/C15H21N5S/c1-8-6-13(14(15(16)21)10(3)18-8)17-7-12-9(2)19-20(5)11(12)4/h6H,7H2,1-5H3,(H2,16,21)(H,17,18). The summed E-state index contributed by atoms with van der Waals surface area (Å²) in [5.74, 6) is 0. The first-order chi connectivity index (χ1) is 9.81. The maximum absolute atomic E-state index is 5.83. The molecule has 0 fully saturated rings. The second-order valence-electron chi connectivity index (χ2n) is 5.26. The lowest BCUT2D eigenvalue weighted by atomic mass is 10.1. The Bertz CT molecular complexity index is 703. The molecule has 21 heavy (non-hydrogen) atoms. The maximum Gasteiger partial charge on any atom is 0.107 e. The molecule has 2 aromatic rings. The fourth-order valence-electron chi connectivity index (χ4n) is 2.54. The largest absolute Gasteiger partial charge is 0.389 e. The molecule has 0 amide bonds. The van der Waals surface area contributed by atoms with Crippen LogP contribution in [0.25, 0.3) is 0 Å². The van der Waals surface area contributed by atoms with Gasteiger partial charge in [-0.2, -0.15) is 5.10 Å². The molecule has 112 valence electrons. The van der Waals surface area contributed by atoms with E-state index in [0.29, 0.717) is 11.5 Å². The molecule has 0 unspecified atom stereocenters. The average Bonchev–Trinajstić information content (AvgIpc) is 2.59. The van der Waals surface area contributed by atoms with Crippen molar-refractivity contribution in [3.8, 4) is 0 Å². The van der Waals surface area contributed by atoms with E-state index >= 15 is 0 Å². The first-order valence-corrected chi connectivity index (χ1v) is 7.23. The molecule has 0 radical (unpaired) electrons. The number of nitrogens with two attached hydrogens (primary N) is 1. The van der Waals surface area contributed by atoms with E-state index in [4.69, 9.17) is 18.0 Å². The molecule has 0 atom stereocenters. The Kier molecular flexibility index (Phi) is 4.27. The Morgan fingerprint density at radius 1 is 1.29 bits per heavy atom. The fraction of sp³-hybridized carbons (Fsp3) is 0.400. The van der Waals surface area contributed by atoms with Crippen LogP contribution in [0.15, 0.2) is 6.07 Å². The van der Waals surface area contributed by atoms with Gasteiger partial charge in [0.15, 0.2) is 0 Å². The summed E-state index contributed by atoms with van der Waals surface area (Å²) in [5.41, 5.74) is 12.7. The van der Waals surface area contributed by atoms with E-state index in [9.17, 15) is 0 Å². The van der Waals surface area contributed by atoms with Gasteiger partial charge in [-0.15, -0.1) is 0 Å². The van der Waals surface area contributed by atoms with E-state index in [1.165, 1.54) is 5.56 Å². The molecule has 0 aliphatic rings. The number of nitrogens with zero attached hydrogens (tertiary/aromatic N) is 3. The molecule has 0 spiro atoms. The number of aryl methyl sites for hydroxylation is 4. The summed E-state index contributed by atoms with van der Waals surface area (Å²) in [6, 6.07) is 1.97. The zero-order valence-electron chi connectivity index (χ0n) is 13.1. The van der Waals surface area contributed by atoms with E-state index in [1.807, 2.05) is 38.6 Å². The zero-order valence-corrected chi connectivity index (χ0v) is 13.9. The van der Waals surface area contributed by atoms with Crippen LogP contribution in [0.4, 0.5) is 5.69 Å². The van der Waals surface area contributed by atoms with E-state index in [2.05, 4.69) is 22.3 Å². The van der Waals surface area contributed by atoms with Crippen LogP contribution in [0.2, 0.25) is 0 Å². The van der Waals surface area contributed by atoms with Crippen LogP contribution >= 0.6 is 12.2 Å². The third kappa shape index (κ3) is 3.05. The van der Waals surface area contributed by atoms with Gasteiger partial charge in [0.1, 0.15) is 4.99 Å². The van der Waals surface area contributed by atoms with Crippen LogP contribution < -0.4 is 11.1 Å². The number of rotatable bonds is 4. The molecule has 0 aromatic carbocycles. The van der Waals surface area contributed by atoms with E-state index < -0.39 is 0 Å². The first kappa shape index (κ1) is 15.4. The van der Waals surface area contributed by atoms with Crippen LogP contribution in [0.5, 0.6) is 0 Å². The molecular formula is C15H21N5S. The van der Waals surface area contributed by atoms with Crippen LogP contribution in [0.1, 0.15) is 33.9 Å². The summed E-state index contributed by atoms with van der Waals surface area (Å²) in [7, 11) is 1.95. The predicted molar refractivity (Wildman–Crippen MR) is 89.6 cm³/mol. The number of nitrogens with one attached hydrogen (secondary N) is 1. The normalized spacial score (nSPS) is 10.7. The molecular weight excluding hydrogens is 282 g/mol. The van der Waals surface area contributed by atoms with Crippen molar-refractivity contribution in [2.75, 3.05) is 5.32 Å². The summed E-state index contributed by atoms with van der Waals surface area (Å²) in [6.07, 6.45) is 0. The Labute approximate surface area is 130 Å². The second kappa shape index (κ2) is 5.81. The molecule has 6 heteroatoms. The Morgan fingerprint density at radius 3 is 2.48 bits per heavy atom. The molecule has 0 saturated carbocycles. The van der Waals surface area contributed by atoms with Gasteiger partial charge < -0.3 is 11.1 Å². The summed E-state index contributed by atoms with van der Waals surface area (Å²) in [6.45, 7) is 8.65. The summed E-state index contributed by atoms with van der Waals surface area (Å²) < 4.78 is 1.89. The Balaban J connectivity index is 2.34. The minimum atomic E-state index is 0.363. The molecule has 2 rings (SSSR count). The molecule has 0 aliphatic heterocycles. The van der Waals surface area contributed by atoms with Crippen molar-refractivity contribution in [3.05, 3.63) is 40.0 Å². The van der Waals surface area contributed by atoms with Gasteiger partial charge in [0.2, 0.25) is 0 Å². The van der Waals surface area contributed by atoms with Crippen molar-refractivity contribution in [3.63, 3.8) is 0 Å². The maximum atomic E-state index is 5.83. The summed E-state index contributed by atoms with van der Waals surface area (Å²) in [4.78, 5) is 4.79. The molecule has 0 saturated heterocycles. The van der Waals surface area contributed by atoms with Crippen molar-refractivity contribution in [1.82, 2.24) is 14.8 Å². The predicted octanol–water partition coefficient (Wildman–Crippen LogP) is 2.30. The van der Waals surface area contributed by atoms with Crippen molar-refractivity contribution in [1.29, 1.82) is 0 Å².